The van der Waals surface area contributed by atoms with E-state index < -0.39 is 23.7 Å². The Morgan fingerprint density at radius 3 is 2.45 bits per heavy atom. The van der Waals surface area contributed by atoms with E-state index in [1.165, 1.54) is 16.2 Å². The molecule has 0 fully saturated rings. The summed E-state index contributed by atoms with van der Waals surface area (Å²) in [5.74, 6) is -1.09. The Morgan fingerprint density at radius 2 is 2.10 bits per heavy atom. The van der Waals surface area contributed by atoms with Crippen LogP contribution in [-0.4, -0.2) is 39.2 Å². The van der Waals surface area contributed by atoms with Crippen LogP contribution in [0, 0.1) is 6.92 Å². The van der Waals surface area contributed by atoms with Crippen LogP contribution in [0.15, 0.2) is 5.51 Å². The maximum Gasteiger partial charge on any atom is 0.411 e. The predicted molar refractivity (Wildman–Crippen MR) is 75.8 cm³/mol. The first-order valence-corrected chi connectivity index (χ1v) is 7.17. The van der Waals surface area contributed by atoms with Gasteiger partial charge in [-0.25, -0.2) is 14.6 Å². The number of hydrogen-bond acceptors (Lipinski definition) is 5. The highest BCUT2D eigenvalue weighted by Gasteiger charge is 2.35. The van der Waals surface area contributed by atoms with Gasteiger partial charge in [0.1, 0.15) is 5.60 Å². The lowest BCUT2D eigenvalue weighted by molar-refractivity contribution is -0.143. The Hall–Kier alpha value is -1.63. The molecule has 6 nitrogen and oxygen atoms in total. The molecule has 1 N–H and O–H groups in total. The second kappa shape index (κ2) is 6.21. The number of carboxylic acids is 1. The number of aromatic nitrogens is 1. The molecule has 0 aromatic carbocycles. The number of hydrogen-bond donors (Lipinski definition) is 1. The number of carboxylic acid groups (broad SMARTS) is 1. The summed E-state index contributed by atoms with van der Waals surface area (Å²) in [6.07, 6.45) is -0.639. The van der Waals surface area contributed by atoms with Crippen LogP contribution in [0.1, 0.15) is 44.3 Å². The van der Waals surface area contributed by atoms with Crippen molar-refractivity contribution in [3.8, 4) is 0 Å². The van der Waals surface area contributed by atoms with E-state index in [4.69, 9.17) is 4.74 Å². The number of aliphatic carboxylic acids is 1. The molecule has 0 aliphatic rings. The zero-order valence-corrected chi connectivity index (χ0v) is 13.2. The first kappa shape index (κ1) is 16.4. The molecule has 0 saturated heterocycles. The summed E-state index contributed by atoms with van der Waals surface area (Å²) in [4.78, 5) is 29.5. The van der Waals surface area contributed by atoms with Gasteiger partial charge in [0.15, 0.2) is 6.04 Å². The maximum absolute atomic E-state index is 12.2. The molecule has 0 saturated carbocycles. The van der Waals surface area contributed by atoms with Crippen molar-refractivity contribution < 1.29 is 19.4 Å². The minimum atomic E-state index is -1.09. The summed E-state index contributed by atoms with van der Waals surface area (Å²) >= 11 is 1.22. The molecule has 1 aromatic heterocycles. The molecular weight excluding hydrogens is 280 g/mol. The minimum absolute atomic E-state index is 0.239. The molecule has 112 valence electrons. The Bertz CT molecular complexity index is 493. The van der Waals surface area contributed by atoms with Crippen LogP contribution in [0.3, 0.4) is 0 Å². The number of ether oxygens (including phenoxy) is 1. The summed E-state index contributed by atoms with van der Waals surface area (Å²) in [5.41, 5.74) is 1.52. The van der Waals surface area contributed by atoms with E-state index in [-0.39, 0.29) is 6.54 Å². The van der Waals surface area contributed by atoms with Gasteiger partial charge in [0.2, 0.25) is 0 Å². The van der Waals surface area contributed by atoms with Gasteiger partial charge in [-0.15, -0.1) is 11.3 Å². The normalized spacial score (nSPS) is 12.8. The smallest absolute Gasteiger partial charge is 0.411 e. The molecule has 0 radical (unpaired) electrons. The SMILES string of the molecule is CCN(C(=O)OC(C)(C)C)C(C(=O)O)c1scnc1C. The summed E-state index contributed by atoms with van der Waals surface area (Å²) in [7, 11) is 0. The van der Waals surface area contributed by atoms with Crippen molar-refractivity contribution in [2.45, 2.75) is 46.3 Å². The molecule has 0 spiro atoms. The van der Waals surface area contributed by atoms with E-state index in [0.29, 0.717) is 10.6 Å². The van der Waals surface area contributed by atoms with Crippen LogP contribution in [0.2, 0.25) is 0 Å². The Kier molecular flexibility index (Phi) is 5.10. The number of carbonyl (C=O) groups is 2. The van der Waals surface area contributed by atoms with Crippen LogP contribution in [-0.2, 0) is 9.53 Å². The molecular formula is C13H20N2O4S. The van der Waals surface area contributed by atoms with Gasteiger partial charge < -0.3 is 9.84 Å². The number of amides is 1. The first-order valence-electron chi connectivity index (χ1n) is 6.29. The highest BCUT2D eigenvalue weighted by molar-refractivity contribution is 7.10. The molecule has 0 aliphatic carbocycles. The highest BCUT2D eigenvalue weighted by Crippen LogP contribution is 2.28. The summed E-state index contributed by atoms with van der Waals surface area (Å²) in [5, 5.41) is 9.45. The molecule has 0 aliphatic heterocycles. The van der Waals surface area contributed by atoms with Crippen molar-refractivity contribution in [1.29, 1.82) is 0 Å². The van der Waals surface area contributed by atoms with Gasteiger partial charge >= 0.3 is 12.1 Å². The van der Waals surface area contributed by atoms with Crippen molar-refractivity contribution in [2.75, 3.05) is 6.54 Å². The minimum Gasteiger partial charge on any atom is -0.479 e. The Morgan fingerprint density at radius 1 is 1.50 bits per heavy atom. The number of nitrogens with zero attached hydrogens (tertiary/aromatic N) is 2. The summed E-state index contributed by atoms with van der Waals surface area (Å²) in [6.45, 7) is 8.91. The van der Waals surface area contributed by atoms with E-state index in [1.54, 1.807) is 40.1 Å². The molecule has 7 heteroatoms. The number of likely N-dealkylation sites (N-methyl/N-ethyl adjacent to an activating group) is 1. The molecule has 1 aromatic rings. The van der Waals surface area contributed by atoms with Crippen LogP contribution in [0.5, 0.6) is 0 Å². The predicted octanol–water partition coefficient (Wildman–Crippen LogP) is 2.83. The van der Waals surface area contributed by atoms with Gasteiger partial charge in [-0.3, -0.25) is 4.90 Å². The molecule has 1 heterocycles. The molecule has 1 amide bonds. The quantitative estimate of drug-likeness (QED) is 0.925. The van der Waals surface area contributed by atoms with Gasteiger partial charge in [0.25, 0.3) is 0 Å². The van der Waals surface area contributed by atoms with Crippen LogP contribution in [0.25, 0.3) is 0 Å². The van der Waals surface area contributed by atoms with Crippen molar-refractivity contribution >= 4 is 23.4 Å². The maximum atomic E-state index is 12.2. The summed E-state index contributed by atoms with van der Waals surface area (Å²) < 4.78 is 5.27. The van der Waals surface area contributed by atoms with Gasteiger partial charge in [-0.2, -0.15) is 0 Å². The van der Waals surface area contributed by atoms with Crippen LogP contribution >= 0.6 is 11.3 Å². The topological polar surface area (TPSA) is 79.7 Å². The van der Waals surface area contributed by atoms with E-state index >= 15 is 0 Å². The van der Waals surface area contributed by atoms with E-state index in [9.17, 15) is 14.7 Å². The van der Waals surface area contributed by atoms with Gasteiger partial charge in [0, 0.05) is 6.54 Å². The second-order valence-corrected chi connectivity index (χ2v) is 6.20. The van der Waals surface area contributed by atoms with Gasteiger partial charge in [0.05, 0.1) is 16.1 Å². The number of rotatable bonds is 4. The zero-order valence-electron chi connectivity index (χ0n) is 12.3. The van der Waals surface area contributed by atoms with Gasteiger partial charge in [-0.1, -0.05) is 0 Å². The first-order chi connectivity index (χ1) is 9.17. The molecule has 0 bridgehead atoms. The molecule has 1 rings (SSSR count). The Labute approximate surface area is 122 Å². The summed E-state index contributed by atoms with van der Waals surface area (Å²) in [6, 6.07) is -1.07. The lowest BCUT2D eigenvalue weighted by Gasteiger charge is -2.30. The molecule has 1 unspecified atom stereocenters. The van der Waals surface area contributed by atoms with Crippen LogP contribution in [0.4, 0.5) is 4.79 Å². The fraction of sp³-hybridized carbons (Fsp3) is 0.615. The van der Waals surface area contributed by atoms with E-state index in [1.807, 2.05) is 0 Å². The van der Waals surface area contributed by atoms with Crippen molar-refractivity contribution in [3.63, 3.8) is 0 Å². The third kappa shape index (κ3) is 3.93. The van der Waals surface area contributed by atoms with E-state index in [0.717, 1.165) is 0 Å². The van der Waals surface area contributed by atoms with Gasteiger partial charge in [-0.05, 0) is 34.6 Å². The fourth-order valence-corrected chi connectivity index (χ4v) is 2.60. The van der Waals surface area contributed by atoms with Crippen molar-refractivity contribution in [3.05, 3.63) is 16.1 Å². The average Bonchev–Trinajstić information content (AvgIpc) is 2.68. The monoisotopic (exact) mass is 300 g/mol. The average molecular weight is 300 g/mol. The van der Waals surface area contributed by atoms with Crippen LogP contribution < -0.4 is 0 Å². The number of thiazole rings is 1. The largest absolute Gasteiger partial charge is 0.479 e. The second-order valence-electron chi connectivity index (χ2n) is 5.31. The third-order valence-corrected chi connectivity index (χ3v) is 3.53. The Balaban J connectivity index is 3.09. The van der Waals surface area contributed by atoms with E-state index in [2.05, 4.69) is 4.98 Å². The molecule has 20 heavy (non-hydrogen) atoms. The number of aryl methyl sites for hydroxylation is 1. The van der Waals surface area contributed by atoms with Crippen molar-refractivity contribution in [1.82, 2.24) is 9.88 Å². The number of carbonyl (C=O) groups excluding carboxylic acids is 1. The third-order valence-electron chi connectivity index (χ3n) is 2.55. The zero-order chi connectivity index (χ0) is 15.5. The standard InChI is InChI=1S/C13H20N2O4S/c1-6-15(12(18)19-13(3,4)5)9(11(16)17)10-8(2)14-7-20-10/h7,9H,6H2,1-5H3,(H,16,17). The lowest BCUT2D eigenvalue weighted by atomic mass is 10.2. The van der Waals surface area contributed by atoms with Crippen molar-refractivity contribution in [2.24, 2.45) is 0 Å². The lowest BCUT2D eigenvalue weighted by Crippen LogP contribution is -2.42. The fourth-order valence-electron chi connectivity index (χ4n) is 1.70. The molecule has 1 atom stereocenters. The highest BCUT2D eigenvalue weighted by atomic mass is 32.1.